The van der Waals surface area contributed by atoms with Crippen molar-refractivity contribution in [2.75, 3.05) is 20.6 Å². The monoisotopic (exact) mass is 195 g/mol. The van der Waals surface area contributed by atoms with Crippen molar-refractivity contribution >= 4 is 0 Å². The molecule has 0 N–H and O–H groups in total. The van der Waals surface area contributed by atoms with E-state index in [4.69, 9.17) is 0 Å². The van der Waals surface area contributed by atoms with E-state index in [9.17, 15) is 4.39 Å². The summed E-state index contributed by atoms with van der Waals surface area (Å²) in [5.74, 6) is -0.0747. The summed E-state index contributed by atoms with van der Waals surface area (Å²) in [6.45, 7) is 3.00. The molecule has 1 aromatic carbocycles. The van der Waals surface area contributed by atoms with Gasteiger partial charge in [0.15, 0.2) is 0 Å². The van der Waals surface area contributed by atoms with Crippen LogP contribution in [0.15, 0.2) is 18.2 Å². The van der Waals surface area contributed by atoms with Crippen LogP contribution in [0.5, 0.6) is 0 Å². The van der Waals surface area contributed by atoms with E-state index < -0.39 is 0 Å². The van der Waals surface area contributed by atoms with Crippen molar-refractivity contribution in [2.45, 2.75) is 19.8 Å². The third-order valence-electron chi connectivity index (χ3n) is 2.25. The highest BCUT2D eigenvalue weighted by Crippen LogP contribution is 2.11. The van der Waals surface area contributed by atoms with Gasteiger partial charge >= 0.3 is 0 Å². The Balaban J connectivity index is 2.53. The van der Waals surface area contributed by atoms with Crippen molar-refractivity contribution in [1.29, 1.82) is 0 Å². The highest BCUT2D eigenvalue weighted by atomic mass is 19.1. The van der Waals surface area contributed by atoms with Gasteiger partial charge in [-0.3, -0.25) is 0 Å². The molecule has 1 rings (SSSR count). The highest BCUT2D eigenvalue weighted by Gasteiger charge is 2.01. The van der Waals surface area contributed by atoms with Crippen molar-refractivity contribution in [2.24, 2.45) is 0 Å². The molecule has 0 saturated heterocycles. The summed E-state index contributed by atoms with van der Waals surface area (Å²) >= 11 is 0. The van der Waals surface area contributed by atoms with Gasteiger partial charge in [-0.15, -0.1) is 0 Å². The normalized spacial score (nSPS) is 10.9. The summed E-state index contributed by atoms with van der Waals surface area (Å²) in [7, 11) is 4.07. The minimum absolute atomic E-state index is 0.0747. The summed E-state index contributed by atoms with van der Waals surface area (Å²) in [6.07, 6.45) is 1.83. The molecule has 0 aliphatic carbocycles. The second-order valence-corrected chi connectivity index (χ2v) is 4.00. The smallest absolute Gasteiger partial charge is 0.126 e. The first kappa shape index (κ1) is 11.2. The quantitative estimate of drug-likeness (QED) is 0.714. The third-order valence-corrected chi connectivity index (χ3v) is 2.25. The number of hydrogen-bond acceptors (Lipinski definition) is 1. The van der Waals surface area contributed by atoms with Crippen LogP contribution >= 0.6 is 0 Å². The standard InChI is InChI=1S/C12H18FN/c1-10-6-7-12(13)11(9-10)5-4-8-14(2)3/h6-7,9H,4-5,8H2,1-3H3. The molecule has 0 amide bonds. The van der Waals surface area contributed by atoms with Gasteiger partial charge in [-0.25, -0.2) is 4.39 Å². The average molecular weight is 195 g/mol. The first-order valence-electron chi connectivity index (χ1n) is 4.99. The second kappa shape index (κ2) is 5.11. The Hall–Kier alpha value is -0.890. The molecule has 0 aromatic heterocycles. The molecule has 14 heavy (non-hydrogen) atoms. The summed E-state index contributed by atoms with van der Waals surface area (Å²) in [5, 5.41) is 0. The molecule has 0 heterocycles. The van der Waals surface area contributed by atoms with Crippen molar-refractivity contribution in [3.8, 4) is 0 Å². The van der Waals surface area contributed by atoms with Crippen molar-refractivity contribution in [3.63, 3.8) is 0 Å². The van der Waals surface area contributed by atoms with Crippen molar-refractivity contribution < 1.29 is 4.39 Å². The SMILES string of the molecule is Cc1ccc(F)c(CCCN(C)C)c1. The Bertz CT molecular complexity index is 294. The van der Waals surface area contributed by atoms with E-state index in [0.29, 0.717) is 0 Å². The van der Waals surface area contributed by atoms with E-state index in [0.717, 1.165) is 30.5 Å². The first-order valence-corrected chi connectivity index (χ1v) is 4.99. The van der Waals surface area contributed by atoms with Crippen LogP contribution in [-0.4, -0.2) is 25.5 Å². The number of halogens is 1. The Labute approximate surface area is 85.5 Å². The number of hydrogen-bond donors (Lipinski definition) is 0. The fourth-order valence-corrected chi connectivity index (χ4v) is 1.48. The van der Waals surface area contributed by atoms with Gasteiger partial charge in [0.25, 0.3) is 0 Å². The molecular formula is C12H18FN. The first-order chi connectivity index (χ1) is 6.59. The van der Waals surface area contributed by atoms with Crippen LogP contribution in [0, 0.1) is 12.7 Å². The maximum absolute atomic E-state index is 13.3. The maximum atomic E-state index is 13.3. The summed E-state index contributed by atoms with van der Waals surface area (Å²) in [5.41, 5.74) is 1.97. The molecule has 0 spiro atoms. The molecule has 0 atom stereocenters. The minimum Gasteiger partial charge on any atom is -0.309 e. The fourth-order valence-electron chi connectivity index (χ4n) is 1.48. The molecular weight excluding hydrogens is 177 g/mol. The van der Waals surface area contributed by atoms with Crippen LogP contribution < -0.4 is 0 Å². The second-order valence-electron chi connectivity index (χ2n) is 4.00. The predicted molar refractivity (Wildman–Crippen MR) is 58.0 cm³/mol. The van der Waals surface area contributed by atoms with E-state index in [1.807, 2.05) is 33.2 Å². The predicted octanol–water partition coefficient (Wildman–Crippen LogP) is 2.63. The molecule has 0 aliphatic heterocycles. The van der Waals surface area contributed by atoms with E-state index in [1.165, 1.54) is 0 Å². The molecule has 1 nitrogen and oxygen atoms in total. The number of benzene rings is 1. The summed E-state index contributed by atoms with van der Waals surface area (Å²) < 4.78 is 13.3. The molecule has 0 fully saturated rings. The Morgan fingerprint density at radius 3 is 2.64 bits per heavy atom. The molecule has 78 valence electrons. The fraction of sp³-hybridized carbons (Fsp3) is 0.500. The molecule has 0 aliphatic rings. The zero-order valence-electron chi connectivity index (χ0n) is 9.18. The molecule has 0 unspecified atom stereocenters. The molecule has 0 saturated carbocycles. The Kier molecular flexibility index (Phi) is 4.08. The lowest BCUT2D eigenvalue weighted by Gasteiger charge is -2.09. The van der Waals surface area contributed by atoms with E-state index in [2.05, 4.69) is 4.90 Å². The largest absolute Gasteiger partial charge is 0.309 e. The van der Waals surface area contributed by atoms with Crippen LogP contribution in [0.3, 0.4) is 0 Å². The maximum Gasteiger partial charge on any atom is 0.126 e. The van der Waals surface area contributed by atoms with E-state index in [-0.39, 0.29) is 5.82 Å². The van der Waals surface area contributed by atoms with Gasteiger partial charge < -0.3 is 4.90 Å². The van der Waals surface area contributed by atoms with E-state index in [1.54, 1.807) is 6.07 Å². The lowest BCUT2D eigenvalue weighted by atomic mass is 10.1. The summed E-state index contributed by atoms with van der Waals surface area (Å²) in [6, 6.07) is 5.30. The zero-order valence-corrected chi connectivity index (χ0v) is 9.18. The minimum atomic E-state index is -0.0747. The Morgan fingerprint density at radius 2 is 2.00 bits per heavy atom. The molecule has 2 heteroatoms. The van der Waals surface area contributed by atoms with Gasteiger partial charge in [-0.2, -0.15) is 0 Å². The number of nitrogens with zero attached hydrogens (tertiary/aromatic N) is 1. The van der Waals surface area contributed by atoms with E-state index >= 15 is 0 Å². The van der Waals surface area contributed by atoms with Crippen molar-refractivity contribution in [3.05, 3.63) is 35.1 Å². The topological polar surface area (TPSA) is 3.24 Å². The highest BCUT2D eigenvalue weighted by molar-refractivity contribution is 5.24. The van der Waals surface area contributed by atoms with Crippen LogP contribution in [0.1, 0.15) is 17.5 Å². The molecule has 1 aromatic rings. The van der Waals surface area contributed by atoms with Crippen molar-refractivity contribution in [1.82, 2.24) is 4.90 Å². The lowest BCUT2D eigenvalue weighted by Crippen LogP contribution is -2.13. The average Bonchev–Trinajstić information content (AvgIpc) is 2.10. The summed E-state index contributed by atoms with van der Waals surface area (Å²) in [4.78, 5) is 2.12. The van der Waals surface area contributed by atoms with Gasteiger partial charge in [0.1, 0.15) is 5.82 Å². The number of aryl methyl sites for hydroxylation is 2. The van der Waals surface area contributed by atoms with Crippen LogP contribution in [0.2, 0.25) is 0 Å². The van der Waals surface area contributed by atoms with Gasteiger partial charge in [-0.1, -0.05) is 17.7 Å². The van der Waals surface area contributed by atoms with Crippen LogP contribution in [-0.2, 0) is 6.42 Å². The third kappa shape index (κ3) is 3.46. The van der Waals surface area contributed by atoms with Crippen LogP contribution in [0.4, 0.5) is 4.39 Å². The molecule has 0 radical (unpaired) electrons. The Morgan fingerprint density at radius 1 is 1.29 bits per heavy atom. The van der Waals surface area contributed by atoms with Gasteiger partial charge in [-0.05, 0) is 52.0 Å². The van der Waals surface area contributed by atoms with Gasteiger partial charge in [0, 0.05) is 0 Å². The molecule has 0 bridgehead atoms. The number of rotatable bonds is 4. The zero-order chi connectivity index (χ0) is 10.6. The lowest BCUT2D eigenvalue weighted by molar-refractivity contribution is 0.399. The van der Waals surface area contributed by atoms with Gasteiger partial charge in [0.2, 0.25) is 0 Å². The van der Waals surface area contributed by atoms with Gasteiger partial charge in [0.05, 0.1) is 0 Å². The van der Waals surface area contributed by atoms with Crippen LogP contribution in [0.25, 0.3) is 0 Å².